The van der Waals surface area contributed by atoms with Crippen molar-refractivity contribution in [2.45, 2.75) is 19.2 Å². The van der Waals surface area contributed by atoms with Crippen LogP contribution in [-0.2, 0) is 20.5 Å². The predicted octanol–water partition coefficient (Wildman–Crippen LogP) is 3.38. The Kier molecular flexibility index (Phi) is 5.81. The molecular weight excluding hydrogens is 395 g/mol. The van der Waals surface area contributed by atoms with Crippen molar-refractivity contribution in [1.29, 1.82) is 0 Å². The molecule has 0 bridgehead atoms. The van der Waals surface area contributed by atoms with E-state index in [1.807, 2.05) is 0 Å². The molecule has 1 atom stereocenters. The lowest BCUT2D eigenvalue weighted by molar-refractivity contribution is -0.155. The zero-order valence-electron chi connectivity index (χ0n) is 15.1. The summed E-state index contributed by atoms with van der Waals surface area (Å²) in [5.74, 6) is -0.627. The third kappa shape index (κ3) is 5.31. The fraction of sp³-hybridized carbons (Fsp3) is 0.263. The minimum Gasteiger partial charge on any atom is -0.482 e. The lowest BCUT2D eigenvalue weighted by Gasteiger charge is -2.14. The van der Waals surface area contributed by atoms with Crippen LogP contribution in [0.4, 0.5) is 18.9 Å². The molecular formula is C19H16F3NO6. The van der Waals surface area contributed by atoms with Crippen LogP contribution in [0.1, 0.15) is 12.5 Å². The molecule has 1 amide bonds. The van der Waals surface area contributed by atoms with Crippen molar-refractivity contribution in [2.24, 2.45) is 0 Å². The molecule has 1 aliphatic heterocycles. The van der Waals surface area contributed by atoms with Crippen molar-refractivity contribution in [3.63, 3.8) is 0 Å². The SMILES string of the molecule is C[C@@H](OC(=O)COc1cccc(C(F)(F)F)c1)C(=O)Nc1ccc2c(c1)OCO2. The molecule has 2 aromatic carbocycles. The first-order valence-electron chi connectivity index (χ1n) is 8.42. The van der Waals surface area contributed by atoms with Gasteiger partial charge in [-0.05, 0) is 37.3 Å². The molecule has 0 saturated heterocycles. The van der Waals surface area contributed by atoms with Crippen LogP contribution < -0.4 is 19.5 Å². The van der Waals surface area contributed by atoms with Crippen LogP contribution in [0.2, 0.25) is 0 Å². The number of halogens is 3. The summed E-state index contributed by atoms with van der Waals surface area (Å²) in [5, 5.41) is 2.56. The topological polar surface area (TPSA) is 83.1 Å². The van der Waals surface area contributed by atoms with E-state index < -0.39 is 36.3 Å². The minimum atomic E-state index is -4.53. The Morgan fingerprint density at radius 2 is 1.90 bits per heavy atom. The summed E-state index contributed by atoms with van der Waals surface area (Å²) >= 11 is 0. The van der Waals surface area contributed by atoms with Crippen molar-refractivity contribution in [3.05, 3.63) is 48.0 Å². The number of amides is 1. The van der Waals surface area contributed by atoms with E-state index in [1.54, 1.807) is 18.2 Å². The molecule has 0 fully saturated rings. The number of nitrogens with one attached hydrogen (secondary N) is 1. The second kappa shape index (κ2) is 8.29. The molecule has 3 rings (SSSR count). The number of benzene rings is 2. The highest BCUT2D eigenvalue weighted by Crippen LogP contribution is 2.34. The number of carbonyl (C=O) groups excluding carboxylic acids is 2. The molecule has 29 heavy (non-hydrogen) atoms. The molecule has 154 valence electrons. The average Bonchev–Trinajstić information content (AvgIpc) is 3.13. The van der Waals surface area contributed by atoms with Crippen LogP contribution in [0.5, 0.6) is 17.2 Å². The van der Waals surface area contributed by atoms with E-state index in [1.165, 1.54) is 13.0 Å². The van der Waals surface area contributed by atoms with E-state index in [2.05, 4.69) is 5.32 Å². The number of esters is 1. The van der Waals surface area contributed by atoms with Gasteiger partial charge in [0.05, 0.1) is 5.56 Å². The van der Waals surface area contributed by atoms with Crippen LogP contribution in [0.25, 0.3) is 0 Å². The van der Waals surface area contributed by atoms with Gasteiger partial charge in [-0.25, -0.2) is 4.79 Å². The normalized spacial score (nSPS) is 13.5. The smallest absolute Gasteiger partial charge is 0.416 e. The maximum atomic E-state index is 12.7. The molecule has 0 spiro atoms. The maximum absolute atomic E-state index is 12.7. The first-order valence-corrected chi connectivity index (χ1v) is 8.42. The lowest BCUT2D eigenvalue weighted by atomic mass is 10.2. The van der Waals surface area contributed by atoms with Gasteiger partial charge in [0.15, 0.2) is 24.2 Å². The second-order valence-corrected chi connectivity index (χ2v) is 6.00. The number of hydrogen-bond donors (Lipinski definition) is 1. The molecule has 0 radical (unpaired) electrons. The van der Waals surface area contributed by atoms with Gasteiger partial charge in [0, 0.05) is 11.8 Å². The Hall–Kier alpha value is -3.43. The van der Waals surface area contributed by atoms with Crippen molar-refractivity contribution < 1.29 is 41.7 Å². The van der Waals surface area contributed by atoms with E-state index in [9.17, 15) is 22.8 Å². The largest absolute Gasteiger partial charge is 0.482 e. The Morgan fingerprint density at radius 1 is 1.14 bits per heavy atom. The Morgan fingerprint density at radius 3 is 2.66 bits per heavy atom. The van der Waals surface area contributed by atoms with Gasteiger partial charge in [0.1, 0.15) is 5.75 Å². The van der Waals surface area contributed by atoms with Gasteiger partial charge in [-0.1, -0.05) is 6.07 Å². The summed E-state index contributed by atoms with van der Waals surface area (Å²) in [6.07, 6.45) is -5.68. The van der Waals surface area contributed by atoms with Crippen LogP contribution >= 0.6 is 0 Å². The average molecular weight is 411 g/mol. The van der Waals surface area contributed by atoms with Crippen LogP contribution in [0.3, 0.4) is 0 Å². The number of hydrogen-bond acceptors (Lipinski definition) is 6. The molecule has 0 saturated carbocycles. The predicted molar refractivity (Wildman–Crippen MR) is 93.7 cm³/mol. The van der Waals surface area contributed by atoms with Gasteiger partial charge in [-0.15, -0.1) is 0 Å². The molecule has 0 aromatic heterocycles. The van der Waals surface area contributed by atoms with Crippen LogP contribution in [0, 0.1) is 0 Å². The molecule has 0 aliphatic carbocycles. The standard InChI is InChI=1S/C19H16F3NO6/c1-11(18(25)23-13-5-6-15-16(8-13)28-10-27-15)29-17(24)9-26-14-4-2-3-12(7-14)19(20,21)22/h2-8,11H,9-10H2,1H3,(H,23,25)/t11-/m1/s1. The van der Waals surface area contributed by atoms with Gasteiger partial charge in [0.2, 0.25) is 6.79 Å². The summed E-state index contributed by atoms with van der Waals surface area (Å²) in [7, 11) is 0. The molecule has 10 heteroatoms. The van der Waals surface area contributed by atoms with Gasteiger partial charge in [-0.2, -0.15) is 13.2 Å². The van der Waals surface area contributed by atoms with E-state index in [0.717, 1.165) is 18.2 Å². The first-order chi connectivity index (χ1) is 13.7. The molecule has 1 heterocycles. The van der Waals surface area contributed by atoms with E-state index in [-0.39, 0.29) is 12.5 Å². The Bertz CT molecular complexity index is 915. The number of ether oxygens (including phenoxy) is 4. The highest BCUT2D eigenvalue weighted by Gasteiger charge is 2.30. The fourth-order valence-corrected chi connectivity index (χ4v) is 2.41. The monoisotopic (exact) mass is 411 g/mol. The minimum absolute atomic E-state index is 0.0899. The Balaban J connectivity index is 1.49. The summed E-state index contributed by atoms with van der Waals surface area (Å²) < 4.78 is 58.3. The molecule has 1 aliphatic rings. The third-order valence-corrected chi connectivity index (χ3v) is 3.84. The lowest BCUT2D eigenvalue weighted by Crippen LogP contribution is -2.31. The zero-order chi connectivity index (χ0) is 21.0. The fourth-order valence-electron chi connectivity index (χ4n) is 2.41. The number of rotatable bonds is 6. The highest BCUT2D eigenvalue weighted by atomic mass is 19.4. The van der Waals surface area contributed by atoms with Gasteiger partial charge in [-0.3, -0.25) is 4.79 Å². The molecule has 2 aromatic rings. The zero-order valence-corrected chi connectivity index (χ0v) is 15.1. The van der Waals surface area contributed by atoms with E-state index >= 15 is 0 Å². The van der Waals surface area contributed by atoms with Gasteiger partial charge < -0.3 is 24.3 Å². The quantitative estimate of drug-likeness (QED) is 0.734. The number of anilines is 1. The van der Waals surface area contributed by atoms with Gasteiger partial charge >= 0.3 is 12.1 Å². The van der Waals surface area contributed by atoms with Crippen molar-refractivity contribution >= 4 is 17.6 Å². The third-order valence-electron chi connectivity index (χ3n) is 3.84. The van der Waals surface area contributed by atoms with Crippen LogP contribution in [0.15, 0.2) is 42.5 Å². The number of fused-ring (bicyclic) bond motifs is 1. The Labute approximate surface area is 163 Å². The maximum Gasteiger partial charge on any atom is 0.416 e. The summed E-state index contributed by atoms with van der Waals surface area (Å²) in [6.45, 7) is 0.792. The summed E-state index contributed by atoms with van der Waals surface area (Å²) in [6, 6.07) is 8.86. The van der Waals surface area contributed by atoms with E-state index in [4.69, 9.17) is 18.9 Å². The number of carbonyl (C=O) groups is 2. The van der Waals surface area contributed by atoms with Crippen LogP contribution in [-0.4, -0.2) is 31.4 Å². The van der Waals surface area contributed by atoms with Gasteiger partial charge in [0.25, 0.3) is 5.91 Å². The summed E-state index contributed by atoms with van der Waals surface area (Å²) in [5.41, 5.74) is -0.484. The van der Waals surface area contributed by atoms with Crippen molar-refractivity contribution in [2.75, 3.05) is 18.7 Å². The highest BCUT2D eigenvalue weighted by molar-refractivity contribution is 5.95. The second-order valence-electron chi connectivity index (χ2n) is 6.00. The van der Waals surface area contributed by atoms with E-state index in [0.29, 0.717) is 17.2 Å². The van der Waals surface area contributed by atoms with Crippen molar-refractivity contribution in [3.8, 4) is 17.2 Å². The van der Waals surface area contributed by atoms with Crippen molar-refractivity contribution in [1.82, 2.24) is 0 Å². The molecule has 0 unspecified atom stereocenters. The first kappa shape index (κ1) is 20.3. The summed E-state index contributed by atoms with van der Waals surface area (Å²) in [4.78, 5) is 24.0. The molecule has 1 N–H and O–H groups in total. The number of alkyl halides is 3. The molecule has 7 nitrogen and oxygen atoms in total.